The highest BCUT2D eigenvalue weighted by Gasteiger charge is 2.09. The number of nitrogen functional groups attached to an aromatic ring is 1. The Morgan fingerprint density at radius 1 is 1.50 bits per heavy atom. The molecular formula is C10H18N4OS. The van der Waals surface area contributed by atoms with E-state index in [0.29, 0.717) is 6.61 Å². The normalized spacial score (nSPS) is 10.4. The highest BCUT2D eigenvalue weighted by atomic mass is 32.2. The van der Waals surface area contributed by atoms with Gasteiger partial charge in [0.25, 0.3) is 0 Å². The Hall–Kier alpha value is -0.850. The summed E-state index contributed by atoms with van der Waals surface area (Å²) in [5.41, 5.74) is 3.71. The number of rotatable bonds is 7. The summed E-state index contributed by atoms with van der Waals surface area (Å²) < 4.78 is 5.02. The molecule has 0 aliphatic heterocycles. The first-order chi connectivity index (χ1) is 7.83. The van der Waals surface area contributed by atoms with Gasteiger partial charge in [0.1, 0.15) is 17.2 Å². The second-order valence-corrected chi connectivity index (χ2v) is 4.33. The third-order valence-electron chi connectivity index (χ3n) is 2.07. The van der Waals surface area contributed by atoms with Crippen LogP contribution >= 0.6 is 11.8 Å². The number of hydrogen-bond donors (Lipinski definition) is 2. The fraction of sp³-hybridized carbons (Fsp3) is 0.600. The maximum absolute atomic E-state index is 5.43. The van der Waals surface area contributed by atoms with Crippen LogP contribution in [-0.2, 0) is 11.2 Å². The van der Waals surface area contributed by atoms with Gasteiger partial charge in [-0.25, -0.2) is 15.8 Å². The van der Waals surface area contributed by atoms with Crippen molar-refractivity contribution in [2.24, 2.45) is 5.84 Å². The summed E-state index contributed by atoms with van der Waals surface area (Å²) in [7, 11) is 1.69. The molecule has 1 aromatic rings. The maximum Gasteiger partial charge on any atom is 0.147 e. The largest absolute Gasteiger partial charge is 0.384 e. The molecule has 0 bridgehead atoms. The van der Waals surface area contributed by atoms with E-state index in [1.54, 1.807) is 18.9 Å². The SMILES string of the molecule is CCCc1c(NN)ncnc1SCCOC. The molecular weight excluding hydrogens is 224 g/mol. The monoisotopic (exact) mass is 242 g/mol. The Balaban J connectivity index is 2.79. The van der Waals surface area contributed by atoms with E-state index in [1.807, 2.05) is 0 Å². The molecule has 0 aromatic carbocycles. The molecule has 5 nitrogen and oxygen atoms in total. The molecule has 6 heteroatoms. The lowest BCUT2D eigenvalue weighted by Crippen LogP contribution is -2.12. The molecule has 16 heavy (non-hydrogen) atoms. The molecule has 0 fully saturated rings. The predicted molar refractivity (Wildman–Crippen MR) is 66.4 cm³/mol. The van der Waals surface area contributed by atoms with Gasteiger partial charge >= 0.3 is 0 Å². The quantitative estimate of drug-likeness (QED) is 0.248. The van der Waals surface area contributed by atoms with Gasteiger partial charge in [0.05, 0.1) is 6.61 Å². The molecule has 0 amide bonds. The highest BCUT2D eigenvalue weighted by Crippen LogP contribution is 2.25. The van der Waals surface area contributed by atoms with Crippen LogP contribution < -0.4 is 11.3 Å². The highest BCUT2D eigenvalue weighted by molar-refractivity contribution is 7.99. The molecule has 1 rings (SSSR count). The fourth-order valence-electron chi connectivity index (χ4n) is 1.34. The molecule has 0 aliphatic carbocycles. The van der Waals surface area contributed by atoms with Crippen molar-refractivity contribution < 1.29 is 4.74 Å². The molecule has 0 atom stereocenters. The minimum absolute atomic E-state index is 0.714. The predicted octanol–water partition coefficient (Wildman–Crippen LogP) is 1.45. The van der Waals surface area contributed by atoms with Gasteiger partial charge in [-0.2, -0.15) is 0 Å². The summed E-state index contributed by atoms with van der Waals surface area (Å²) in [6.07, 6.45) is 3.50. The van der Waals surface area contributed by atoms with Gasteiger partial charge in [-0.05, 0) is 6.42 Å². The van der Waals surface area contributed by atoms with Crippen molar-refractivity contribution in [3.63, 3.8) is 0 Å². The average molecular weight is 242 g/mol. The first-order valence-electron chi connectivity index (χ1n) is 5.25. The van der Waals surface area contributed by atoms with Crippen molar-refractivity contribution in [1.82, 2.24) is 9.97 Å². The minimum Gasteiger partial charge on any atom is -0.384 e. The summed E-state index contributed by atoms with van der Waals surface area (Å²) >= 11 is 1.67. The van der Waals surface area contributed by atoms with E-state index in [2.05, 4.69) is 22.3 Å². The van der Waals surface area contributed by atoms with E-state index in [-0.39, 0.29) is 0 Å². The second-order valence-electron chi connectivity index (χ2n) is 3.24. The number of hydrazine groups is 1. The van der Waals surface area contributed by atoms with Crippen LogP contribution in [0, 0.1) is 0 Å². The van der Waals surface area contributed by atoms with Gasteiger partial charge in [-0.15, -0.1) is 11.8 Å². The fourth-order valence-corrected chi connectivity index (χ4v) is 2.28. The van der Waals surface area contributed by atoms with Crippen molar-refractivity contribution in [1.29, 1.82) is 0 Å². The van der Waals surface area contributed by atoms with Crippen LogP contribution in [0.3, 0.4) is 0 Å². The molecule has 1 aromatic heterocycles. The lowest BCUT2D eigenvalue weighted by Gasteiger charge is -2.10. The zero-order valence-corrected chi connectivity index (χ0v) is 10.5. The topological polar surface area (TPSA) is 73.1 Å². The van der Waals surface area contributed by atoms with E-state index in [0.717, 1.165) is 35.0 Å². The molecule has 0 saturated carbocycles. The van der Waals surface area contributed by atoms with E-state index in [1.165, 1.54) is 6.33 Å². The van der Waals surface area contributed by atoms with Gasteiger partial charge in [0.2, 0.25) is 0 Å². The Bertz CT molecular complexity index is 322. The summed E-state index contributed by atoms with van der Waals surface area (Å²) in [6.45, 7) is 2.84. The maximum atomic E-state index is 5.43. The Morgan fingerprint density at radius 2 is 2.31 bits per heavy atom. The number of hydrogen-bond acceptors (Lipinski definition) is 6. The third-order valence-corrected chi connectivity index (χ3v) is 3.06. The number of nitrogens with zero attached hydrogens (tertiary/aromatic N) is 2. The Kier molecular flexibility index (Phi) is 6.14. The van der Waals surface area contributed by atoms with Crippen LogP contribution in [0.1, 0.15) is 18.9 Å². The summed E-state index contributed by atoms with van der Waals surface area (Å²) in [4.78, 5) is 8.39. The summed E-state index contributed by atoms with van der Waals surface area (Å²) in [6, 6.07) is 0. The Labute approximate surface area is 100 Å². The van der Waals surface area contributed by atoms with Gasteiger partial charge in [0.15, 0.2) is 0 Å². The summed E-state index contributed by atoms with van der Waals surface area (Å²) in [5, 5.41) is 0.988. The van der Waals surface area contributed by atoms with E-state index >= 15 is 0 Å². The number of ether oxygens (including phenoxy) is 1. The molecule has 1 heterocycles. The number of nitrogens with one attached hydrogen (secondary N) is 1. The number of methoxy groups -OCH3 is 1. The van der Waals surface area contributed by atoms with Crippen LogP contribution in [0.5, 0.6) is 0 Å². The van der Waals surface area contributed by atoms with E-state index in [9.17, 15) is 0 Å². The molecule has 3 N–H and O–H groups in total. The van der Waals surface area contributed by atoms with Crippen LogP contribution in [0.15, 0.2) is 11.4 Å². The molecule has 0 saturated heterocycles. The molecule has 0 radical (unpaired) electrons. The number of anilines is 1. The van der Waals surface area contributed by atoms with Gasteiger partial charge in [-0.1, -0.05) is 13.3 Å². The standard InChI is InChI=1S/C10H18N4OS/c1-3-4-8-9(14-11)12-7-13-10(8)16-6-5-15-2/h7H,3-6,11H2,1-2H3,(H,12,13,14). The van der Waals surface area contributed by atoms with Crippen molar-refractivity contribution in [3.05, 3.63) is 11.9 Å². The first-order valence-corrected chi connectivity index (χ1v) is 6.24. The number of thioether (sulfide) groups is 1. The van der Waals surface area contributed by atoms with Crippen molar-refractivity contribution >= 4 is 17.6 Å². The first kappa shape index (κ1) is 13.2. The number of aromatic nitrogens is 2. The number of nitrogens with two attached hydrogens (primary N) is 1. The second kappa shape index (κ2) is 7.43. The Morgan fingerprint density at radius 3 is 2.94 bits per heavy atom. The molecule has 0 spiro atoms. The van der Waals surface area contributed by atoms with Crippen molar-refractivity contribution in [2.75, 3.05) is 24.9 Å². The van der Waals surface area contributed by atoms with Crippen molar-refractivity contribution in [3.8, 4) is 0 Å². The molecule has 0 unspecified atom stereocenters. The summed E-state index contributed by atoms with van der Waals surface area (Å²) in [5.74, 6) is 7.03. The van der Waals surface area contributed by atoms with Gasteiger partial charge in [-0.3, -0.25) is 0 Å². The lowest BCUT2D eigenvalue weighted by atomic mass is 10.2. The zero-order chi connectivity index (χ0) is 11.8. The van der Waals surface area contributed by atoms with E-state index in [4.69, 9.17) is 10.6 Å². The zero-order valence-electron chi connectivity index (χ0n) is 9.69. The average Bonchev–Trinajstić information content (AvgIpc) is 2.31. The van der Waals surface area contributed by atoms with Crippen LogP contribution in [0.2, 0.25) is 0 Å². The third kappa shape index (κ3) is 3.62. The van der Waals surface area contributed by atoms with Crippen LogP contribution in [0.25, 0.3) is 0 Å². The van der Waals surface area contributed by atoms with E-state index < -0.39 is 0 Å². The smallest absolute Gasteiger partial charge is 0.147 e. The van der Waals surface area contributed by atoms with Gasteiger partial charge < -0.3 is 10.2 Å². The van der Waals surface area contributed by atoms with Crippen LogP contribution in [-0.4, -0.2) is 29.4 Å². The van der Waals surface area contributed by atoms with Crippen molar-refractivity contribution in [2.45, 2.75) is 24.8 Å². The molecule has 0 aliphatic rings. The van der Waals surface area contributed by atoms with Gasteiger partial charge in [0, 0.05) is 18.4 Å². The minimum atomic E-state index is 0.714. The van der Waals surface area contributed by atoms with Crippen LogP contribution in [0.4, 0.5) is 5.82 Å². The lowest BCUT2D eigenvalue weighted by molar-refractivity contribution is 0.218. The molecule has 90 valence electrons.